The number of nitrogen functional groups attached to an aromatic ring is 1. The first-order valence-electron chi connectivity index (χ1n) is 5.16. The second-order valence-electron chi connectivity index (χ2n) is 3.58. The molecule has 2 N–H and O–H groups in total. The fourth-order valence-corrected chi connectivity index (χ4v) is 1.97. The van der Waals surface area contributed by atoms with Gasteiger partial charge in [0.1, 0.15) is 5.75 Å². The molecule has 0 aliphatic rings. The van der Waals surface area contributed by atoms with Crippen molar-refractivity contribution in [2.75, 3.05) is 12.8 Å². The highest BCUT2D eigenvalue weighted by Crippen LogP contribution is 2.33. The molecule has 5 heteroatoms. The smallest absolute Gasteiger partial charge is 0.167 e. The standard InChI is InChI=1S/C13H11FINO2/c1-17-12-7-13(11(16)6-10(12)14)18-9-4-2-3-8(15)5-9/h2-7H,16H2,1H3. The number of methoxy groups -OCH3 is 1. The molecule has 0 bridgehead atoms. The van der Waals surface area contributed by atoms with Gasteiger partial charge in [0.15, 0.2) is 17.3 Å². The minimum atomic E-state index is -0.509. The Labute approximate surface area is 118 Å². The largest absolute Gasteiger partial charge is 0.494 e. The predicted molar refractivity (Wildman–Crippen MR) is 76.6 cm³/mol. The Bertz CT molecular complexity index is 575. The summed E-state index contributed by atoms with van der Waals surface area (Å²) in [6.07, 6.45) is 0. The summed E-state index contributed by atoms with van der Waals surface area (Å²) in [5.41, 5.74) is 5.94. The van der Waals surface area contributed by atoms with Gasteiger partial charge in [-0.15, -0.1) is 0 Å². The highest BCUT2D eigenvalue weighted by Gasteiger charge is 2.10. The molecule has 0 aliphatic heterocycles. The van der Waals surface area contributed by atoms with E-state index in [0.717, 1.165) is 3.57 Å². The van der Waals surface area contributed by atoms with Crippen molar-refractivity contribution in [2.45, 2.75) is 0 Å². The van der Waals surface area contributed by atoms with Gasteiger partial charge in [0, 0.05) is 15.7 Å². The van der Waals surface area contributed by atoms with Gasteiger partial charge < -0.3 is 15.2 Å². The maximum Gasteiger partial charge on any atom is 0.167 e. The molecule has 0 spiro atoms. The zero-order valence-electron chi connectivity index (χ0n) is 9.61. The third-order valence-electron chi connectivity index (χ3n) is 2.31. The topological polar surface area (TPSA) is 44.5 Å². The van der Waals surface area contributed by atoms with E-state index in [2.05, 4.69) is 22.6 Å². The minimum Gasteiger partial charge on any atom is -0.494 e. The third kappa shape index (κ3) is 2.84. The van der Waals surface area contributed by atoms with Gasteiger partial charge in [-0.05, 0) is 40.8 Å². The molecule has 0 saturated carbocycles. The molecular weight excluding hydrogens is 348 g/mol. The Balaban J connectivity index is 2.34. The summed E-state index contributed by atoms with van der Waals surface area (Å²) in [7, 11) is 1.39. The van der Waals surface area contributed by atoms with Crippen molar-refractivity contribution in [1.29, 1.82) is 0 Å². The molecule has 18 heavy (non-hydrogen) atoms. The summed E-state index contributed by atoms with van der Waals surface area (Å²) >= 11 is 2.18. The fourth-order valence-electron chi connectivity index (χ4n) is 1.45. The van der Waals surface area contributed by atoms with Crippen LogP contribution in [0.2, 0.25) is 0 Å². The van der Waals surface area contributed by atoms with Gasteiger partial charge in [0.2, 0.25) is 0 Å². The third-order valence-corrected chi connectivity index (χ3v) is 2.98. The first-order chi connectivity index (χ1) is 8.60. The number of nitrogens with two attached hydrogens (primary N) is 1. The van der Waals surface area contributed by atoms with Gasteiger partial charge in [-0.1, -0.05) is 6.07 Å². The van der Waals surface area contributed by atoms with Gasteiger partial charge in [-0.2, -0.15) is 0 Å². The highest BCUT2D eigenvalue weighted by molar-refractivity contribution is 14.1. The normalized spacial score (nSPS) is 10.2. The summed E-state index contributed by atoms with van der Waals surface area (Å²) in [5, 5.41) is 0. The lowest BCUT2D eigenvalue weighted by molar-refractivity contribution is 0.382. The van der Waals surface area contributed by atoms with Crippen molar-refractivity contribution in [1.82, 2.24) is 0 Å². The summed E-state index contributed by atoms with van der Waals surface area (Å²) in [6.45, 7) is 0. The Hall–Kier alpha value is -1.50. The van der Waals surface area contributed by atoms with Gasteiger partial charge in [0.05, 0.1) is 12.8 Å². The van der Waals surface area contributed by atoms with Crippen LogP contribution in [-0.2, 0) is 0 Å². The van der Waals surface area contributed by atoms with Crippen LogP contribution in [0.3, 0.4) is 0 Å². The lowest BCUT2D eigenvalue weighted by Crippen LogP contribution is -1.96. The average Bonchev–Trinajstić information content (AvgIpc) is 2.33. The molecule has 2 rings (SSSR count). The highest BCUT2D eigenvalue weighted by atomic mass is 127. The number of benzene rings is 2. The average molecular weight is 359 g/mol. The minimum absolute atomic E-state index is 0.102. The van der Waals surface area contributed by atoms with E-state index >= 15 is 0 Å². The second kappa shape index (κ2) is 5.43. The van der Waals surface area contributed by atoms with Crippen LogP contribution < -0.4 is 15.2 Å². The maximum atomic E-state index is 13.4. The van der Waals surface area contributed by atoms with Crippen LogP contribution in [0, 0.1) is 9.39 Å². The van der Waals surface area contributed by atoms with E-state index in [0.29, 0.717) is 11.5 Å². The van der Waals surface area contributed by atoms with E-state index < -0.39 is 5.82 Å². The van der Waals surface area contributed by atoms with Gasteiger partial charge in [-0.3, -0.25) is 0 Å². The molecule has 0 saturated heterocycles. The molecule has 0 fully saturated rings. The van der Waals surface area contributed by atoms with Crippen LogP contribution in [0.1, 0.15) is 0 Å². The summed E-state index contributed by atoms with van der Waals surface area (Å²) in [6, 6.07) is 10.1. The van der Waals surface area contributed by atoms with Crippen LogP contribution in [-0.4, -0.2) is 7.11 Å². The van der Waals surface area contributed by atoms with E-state index in [1.807, 2.05) is 18.2 Å². The van der Waals surface area contributed by atoms with Crippen LogP contribution in [0.15, 0.2) is 36.4 Å². The molecule has 0 heterocycles. The van der Waals surface area contributed by atoms with E-state index in [-0.39, 0.29) is 11.4 Å². The number of hydrogen-bond donors (Lipinski definition) is 1. The monoisotopic (exact) mass is 359 g/mol. The van der Waals surface area contributed by atoms with Crippen LogP contribution in [0.25, 0.3) is 0 Å². The quantitative estimate of drug-likeness (QED) is 0.670. The van der Waals surface area contributed by atoms with E-state index in [1.165, 1.54) is 19.2 Å². The first-order valence-corrected chi connectivity index (χ1v) is 6.24. The van der Waals surface area contributed by atoms with E-state index in [9.17, 15) is 4.39 Å². The van der Waals surface area contributed by atoms with E-state index in [4.69, 9.17) is 15.2 Å². The Kier molecular flexibility index (Phi) is 3.90. The lowest BCUT2D eigenvalue weighted by atomic mass is 10.2. The van der Waals surface area contributed by atoms with Crippen molar-refractivity contribution >= 4 is 28.3 Å². The Morgan fingerprint density at radius 2 is 1.94 bits per heavy atom. The molecule has 0 radical (unpaired) electrons. The molecule has 0 aliphatic carbocycles. The van der Waals surface area contributed by atoms with Gasteiger partial charge in [-0.25, -0.2) is 4.39 Å². The molecule has 0 amide bonds. The van der Waals surface area contributed by atoms with Crippen molar-refractivity contribution in [3.63, 3.8) is 0 Å². The maximum absolute atomic E-state index is 13.4. The van der Waals surface area contributed by atoms with Crippen molar-refractivity contribution < 1.29 is 13.9 Å². The summed E-state index contributed by atoms with van der Waals surface area (Å²) < 4.78 is 24.9. The van der Waals surface area contributed by atoms with Crippen LogP contribution in [0.4, 0.5) is 10.1 Å². The number of rotatable bonds is 3. The van der Waals surface area contributed by atoms with E-state index in [1.54, 1.807) is 6.07 Å². The van der Waals surface area contributed by atoms with Crippen molar-refractivity contribution in [2.24, 2.45) is 0 Å². The number of halogens is 2. The van der Waals surface area contributed by atoms with Crippen LogP contribution in [0.5, 0.6) is 17.2 Å². The summed E-state index contributed by atoms with van der Waals surface area (Å²) in [4.78, 5) is 0. The van der Waals surface area contributed by atoms with Crippen molar-refractivity contribution in [3.05, 3.63) is 45.8 Å². The molecule has 3 nitrogen and oxygen atoms in total. The van der Waals surface area contributed by atoms with Crippen LogP contribution >= 0.6 is 22.6 Å². The summed E-state index contributed by atoms with van der Waals surface area (Å²) in [5.74, 6) is 0.604. The SMILES string of the molecule is COc1cc(Oc2cccc(I)c2)c(N)cc1F. The Morgan fingerprint density at radius 1 is 1.17 bits per heavy atom. The molecule has 0 aromatic heterocycles. The molecule has 2 aromatic rings. The van der Waals surface area contributed by atoms with Gasteiger partial charge >= 0.3 is 0 Å². The number of anilines is 1. The number of hydrogen-bond acceptors (Lipinski definition) is 3. The zero-order valence-corrected chi connectivity index (χ0v) is 11.8. The predicted octanol–water partition coefficient (Wildman–Crippen LogP) is 3.81. The molecule has 2 aromatic carbocycles. The molecule has 0 atom stereocenters. The first kappa shape index (κ1) is 12.9. The molecule has 94 valence electrons. The zero-order chi connectivity index (χ0) is 13.1. The lowest BCUT2D eigenvalue weighted by Gasteiger charge is -2.11. The van der Waals surface area contributed by atoms with Gasteiger partial charge in [0.25, 0.3) is 0 Å². The Morgan fingerprint density at radius 3 is 2.61 bits per heavy atom. The fraction of sp³-hybridized carbons (Fsp3) is 0.0769. The van der Waals surface area contributed by atoms with Crippen molar-refractivity contribution in [3.8, 4) is 17.2 Å². The molecule has 0 unspecified atom stereocenters. The second-order valence-corrected chi connectivity index (χ2v) is 4.83. The number of ether oxygens (including phenoxy) is 2. The molecular formula is C13H11FINO2.